The largest absolute Gasteiger partial charge is 0.396 e. The SMILES string of the molecule is C[C@H]1CC[C@@H]2C[C@]3(OC2(C)C)[C@@H](CO)CC[C@@H]13. The molecule has 1 saturated heterocycles. The highest BCUT2D eigenvalue weighted by Gasteiger charge is 2.62. The van der Waals surface area contributed by atoms with Crippen molar-refractivity contribution in [1.29, 1.82) is 0 Å². The van der Waals surface area contributed by atoms with Crippen molar-refractivity contribution in [3.05, 3.63) is 0 Å². The van der Waals surface area contributed by atoms with Gasteiger partial charge in [-0.25, -0.2) is 0 Å². The van der Waals surface area contributed by atoms with Crippen molar-refractivity contribution >= 4 is 0 Å². The van der Waals surface area contributed by atoms with Crippen LogP contribution < -0.4 is 0 Å². The molecule has 2 bridgehead atoms. The van der Waals surface area contributed by atoms with Gasteiger partial charge < -0.3 is 9.84 Å². The van der Waals surface area contributed by atoms with E-state index in [9.17, 15) is 5.11 Å². The molecule has 1 spiro atoms. The van der Waals surface area contributed by atoms with Gasteiger partial charge in [0.25, 0.3) is 0 Å². The predicted molar refractivity (Wildman–Crippen MR) is 67.7 cm³/mol. The Morgan fingerprint density at radius 3 is 2.65 bits per heavy atom. The molecule has 0 unspecified atom stereocenters. The van der Waals surface area contributed by atoms with Crippen LogP contribution in [0.5, 0.6) is 0 Å². The van der Waals surface area contributed by atoms with Gasteiger partial charge >= 0.3 is 0 Å². The molecule has 0 aromatic carbocycles. The van der Waals surface area contributed by atoms with Gasteiger partial charge in [0.05, 0.1) is 11.2 Å². The fourth-order valence-corrected chi connectivity index (χ4v) is 5.02. The van der Waals surface area contributed by atoms with E-state index in [1.165, 1.54) is 25.7 Å². The first-order valence-corrected chi connectivity index (χ1v) is 7.30. The molecule has 2 heteroatoms. The van der Waals surface area contributed by atoms with E-state index >= 15 is 0 Å². The number of fused-ring (bicyclic) bond motifs is 1. The summed E-state index contributed by atoms with van der Waals surface area (Å²) in [7, 11) is 0. The smallest absolute Gasteiger partial charge is 0.0774 e. The van der Waals surface area contributed by atoms with Gasteiger partial charge in [-0.1, -0.05) is 6.92 Å². The summed E-state index contributed by atoms with van der Waals surface area (Å²) in [4.78, 5) is 0. The van der Waals surface area contributed by atoms with Gasteiger partial charge in [0, 0.05) is 12.5 Å². The van der Waals surface area contributed by atoms with E-state index in [0.29, 0.717) is 24.4 Å². The summed E-state index contributed by atoms with van der Waals surface area (Å²) >= 11 is 0. The fourth-order valence-electron chi connectivity index (χ4n) is 5.02. The highest BCUT2D eigenvalue weighted by molar-refractivity contribution is 5.11. The lowest BCUT2D eigenvalue weighted by Crippen LogP contribution is -2.45. The van der Waals surface area contributed by atoms with Crippen LogP contribution in [0.25, 0.3) is 0 Å². The molecule has 3 aliphatic rings. The van der Waals surface area contributed by atoms with Crippen LogP contribution in [0, 0.1) is 23.7 Å². The lowest BCUT2D eigenvalue weighted by atomic mass is 9.76. The average molecular weight is 238 g/mol. The molecular formula is C15H26O2. The maximum Gasteiger partial charge on any atom is 0.0774 e. The summed E-state index contributed by atoms with van der Waals surface area (Å²) < 4.78 is 6.58. The maximum absolute atomic E-state index is 9.69. The standard InChI is InChI=1S/C15H26O2/c1-10-4-5-11-8-15(17-14(11,2)3)12(9-16)6-7-13(10)15/h10-13,16H,4-9H2,1-3H3/t10-,11+,12+,13-,15-/m0/s1. The summed E-state index contributed by atoms with van der Waals surface area (Å²) in [6.07, 6.45) is 6.27. The van der Waals surface area contributed by atoms with Crippen LogP contribution in [-0.4, -0.2) is 22.9 Å². The van der Waals surface area contributed by atoms with E-state index in [1.807, 2.05) is 0 Å². The number of rotatable bonds is 1. The zero-order chi connectivity index (χ0) is 12.3. The molecule has 3 rings (SSSR count). The molecule has 1 N–H and O–H groups in total. The van der Waals surface area contributed by atoms with Crippen LogP contribution in [0.2, 0.25) is 0 Å². The van der Waals surface area contributed by atoms with Gasteiger partial charge in [0.2, 0.25) is 0 Å². The minimum atomic E-state index is 0.0127. The van der Waals surface area contributed by atoms with Crippen molar-refractivity contribution < 1.29 is 9.84 Å². The highest BCUT2D eigenvalue weighted by atomic mass is 16.5. The van der Waals surface area contributed by atoms with Crippen molar-refractivity contribution in [3.8, 4) is 0 Å². The van der Waals surface area contributed by atoms with Crippen LogP contribution in [0.3, 0.4) is 0 Å². The molecule has 2 saturated carbocycles. The Morgan fingerprint density at radius 1 is 1.18 bits per heavy atom. The van der Waals surface area contributed by atoms with Gasteiger partial charge in [0.1, 0.15) is 0 Å². The van der Waals surface area contributed by atoms with E-state index in [4.69, 9.17) is 4.74 Å². The molecule has 0 radical (unpaired) electrons. The van der Waals surface area contributed by atoms with Gasteiger partial charge in [-0.2, -0.15) is 0 Å². The first kappa shape index (κ1) is 12.0. The van der Waals surface area contributed by atoms with Gasteiger partial charge in [-0.05, 0) is 63.7 Å². The van der Waals surface area contributed by atoms with Crippen molar-refractivity contribution in [2.45, 2.75) is 64.1 Å². The monoisotopic (exact) mass is 238 g/mol. The molecule has 0 aromatic rings. The third kappa shape index (κ3) is 1.53. The molecule has 0 amide bonds. The zero-order valence-corrected chi connectivity index (χ0v) is 11.4. The molecule has 98 valence electrons. The Bertz CT molecular complexity index is 312. The second-order valence-corrected chi connectivity index (χ2v) is 7.18. The second-order valence-electron chi connectivity index (χ2n) is 7.18. The van der Waals surface area contributed by atoms with Crippen LogP contribution in [0.4, 0.5) is 0 Å². The molecule has 5 atom stereocenters. The van der Waals surface area contributed by atoms with Crippen LogP contribution in [-0.2, 0) is 4.74 Å². The molecule has 0 aromatic heterocycles. The molecule has 3 fully saturated rings. The van der Waals surface area contributed by atoms with E-state index in [2.05, 4.69) is 20.8 Å². The lowest BCUT2D eigenvalue weighted by molar-refractivity contribution is -0.153. The first-order valence-electron chi connectivity index (χ1n) is 7.30. The summed E-state index contributed by atoms with van der Waals surface area (Å²) in [5.74, 6) is 2.54. The normalized spacial score (nSPS) is 52.2. The summed E-state index contributed by atoms with van der Waals surface area (Å²) in [6, 6.07) is 0. The van der Waals surface area contributed by atoms with Crippen molar-refractivity contribution in [1.82, 2.24) is 0 Å². The van der Waals surface area contributed by atoms with E-state index in [-0.39, 0.29) is 11.2 Å². The third-order valence-corrected chi connectivity index (χ3v) is 6.02. The summed E-state index contributed by atoms with van der Waals surface area (Å²) in [6.45, 7) is 7.22. The topological polar surface area (TPSA) is 29.5 Å². The minimum Gasteiger partial charge on any atom is -0.396 e. The Hall–Kier alpha value is -0.0800. The lowest BCUT2D eigenvalue weighted by Gasteiger charge is -2.41. The Morgan fingerprint density at radius 2 is 1.94 bits per heavy atom. The number of ether oxygens (including phenoxy) is 1. The predicted octanol–water partition coefficient (Wildman–Crippen LogP) is 2.99. The summed E-state index contributed by atoms with van der Waals surface area (Å²) in [5, 5.41) is 9.69. The highest BCUT2D eigenvalue weighted by Crippen LogP contribution is 2.61. The van der Waals surface area contributed by atoms with Crippen LogP contribution in [0.15, 0.2) is 0 Å². The first-order chi connectivity index (χ1) is 7.99. The Labute approximate surface area is 105 Å². The number of hydrogen-bond donors (Lipinski definition) is 1. The molecule has 2 aliphatic carbocycles. The molecular weight excluding hydrogens is 212 g/mol. The van der Waals surface area contributed by atoms with E-state index in [1.54, 1.807) is 0 Å². The zero-order valence-electron chi connectivity index (χ0n) is 11.4. The number of aliphatic hydroxyl groups excluding tert-OH is 1. The number of hydrogen-bond acceptors (Lipinski definition) is 2. The van der Waals surface area contributed by atoms with Crippen molar-refractivity contribution in [3.63, 3.8) is 0 Å². The van der Waals surface area contributed by atoms with Crippen molar-refractivity contribution in [2.24, 2.45) is 23.7 Å². The Balaban J connectivity index is 2.00. The van der Waals surface area contributed by atoms with E-state index < -0.39 is 0 Å². The fraction of sp³-hybridized carbons (Fsp3) is 1.00. The third-order valence-electron chi connectivity index (χ3n) is 6.02. The van der Waals surface area contributed by atoms with E-state index in [0.717, 1.165) is 12.3 Å². The maximum atomic E-state index is 9.69. The molecule has 17 heavy (non-hydrogen) atoms. The van der Waals surface area contributed by atoms with Gasteiger partial charge in [-0.3, -0.25) is 0 Å². The Kier molecular flexibility index (Phi) is 2.61. The molecule has 1 heterocycles. The van der Waals surface area contributed by atoms with Gasteiger partial charge in [0.15, 0.2) is 0 Å². The number of aliphatic hydroxyl groups is 1. The van der Waals surface area contributed by atoms with Crippen LogP contribution >= 0.6 is 0 Å². The second kappa shape index (κ2) is 3.71. The quantitative estimate of drug-likeness (QED) is 0.761. The minimum absolute atomic E-state index is 0.0127. The average Bonchev–Trinajstić information content (AvgIpc) is 2.68. The summed E-state index contributed by atoms with van der Waals surface area (Å²) in [5.41, 5.74) is 0.0367. The molecule has 1 aliphatic heterocycles. The van der Waals surface area contributed by atoms with Crippen LogP contribution in [0.1, 0.15) is 52.9 Å². The van der Waals surface area contributed by atoms with Gasteiger partial charge in [-0.15, -0.1) is 0 Å². The molecule has 2 nitrogen and oxygen atoms in total. The van der Waals surface area contributed by atoms with Crippen molar-refractivity contribution in [2.75, 3.05) is 6.61 Å².